The monoisotopic (exact) mass is 294 g/mol. The molecule has 0 spiro atoms. The Kier molecular flexibility index (Phi) is 3.24. The number of hydrogen-bond donors (Lipinski definition) is 2. The fourth-order valence-electron chi connectivity index (χ4n) is 1.63. The number of aromatic hydroxyl groups is 2. The molecule has 17 heavy (non-hydrogen) atoms. The molecule has 0 saturated heterocycles. The highest BCUT2D eigenvalue weighted by Crippen LogP contribution is 2.41. The summed E-state index contributed by atoms with van der Waals surface area (Å²) < 4.78 is 5.90. The van der Waals surface area contributed by atoms with Crippen LogP contribution in [0, 0.1) is 0 Å². The van der Waals surface area contributed by atoms with Gasteiger partial charge in [0.25, 0.3) is 0 Å². The van der Waals surface area contributed by atoms with Gasteiger partial charge in [-0.3, -0.25) is 0 Å². The van der Waals surface area contributed by atoms with Gasteiger partial charge in [0, 0.05) is 10.0 Å². The van der Waals surface area contributed by atoms with Crippen molar-refractivity contribution in [3.8, 4) is 28.4 Å². The normalized spacial score (nSPS) is 10.2. The van der Waals surface area contributed by atoms with Crippen molar-refractivity contribution in [2.45, 2.75) is 0 Å². The highest BCUT2D eigenvalue weighted by molar-refractivity contribution is 9.10. The fourth-order valence-corrected chi connectivity index (χ4v) is 2.07. The lowest BCUT2D eigenvalue weighted by atomic mass is 10.0. The number of rotatable bonds is 2. The van der Waals surface area contributed by atoms with Gasteiger partial charge in [-0.1, -0.05) is 22.0 Å². The van der Waals surface area contributed by atoms with Gasteiger partial charge in [-0.05, 0) is 30.3 Å². The molecule has 0 saturated carbocycles. The van der Waals surface area contributed by atoms with Gasteiger partial charge in [-0.2, -0.15) is 0 Å². The Bertz CT molecular complexity index is 532. The van der Waals surface area contributed by atoms with Crippen molar-refractivity contribution < 1.29 is 14.9 Å². The van der Waals surface area contributed by atoms with E-state index in [0.717, 1.165) is 4.47 Å². The van der Waals surface area contributed by atoms with Gasteiger partial charge >= 0.3 is 0 Å². The minimum Gasteiger partial charge on any atom is -0.507 e. The van der Waals surface area contributed by atoms with Crippen molar-refractivity contribution in [1.29, 1.82) is 0 Å². The van der Waals surface area contributed by atoms with Crippen molar-refractivity contribution in [3.05, 3.63) is 40.9 Å². The molecule has 0 unspecified atom stereocenters. The van der Waals surface area contributed by atoms with Gasteiger partial charge in [0.1, 0.15) is 17.2 Å². The summed E-state index contributed by atoms with van der Waals surface area (Å²) in [6, 6.07) is 9.99. The summed E-state index contributed by atoms with van der Waals surface area (Å²) >= 11 is 3.39. The van der Waals surface area contributed by atoms with Crippen LogP contribution < -0.4 is 4.74 Å². The van der Waals surface area contributed by atoms with Gasteiger partial charge < -0.3 is 14.9 Å². The molecule has 88 valence electrons. The smallest absolute Gasteiger partial charge is 0.127 e. The van der Waals surface area contributed by atoms with Crippen molar-refractivity contribution in [2.75, 3.05) is 7.11 Å². The fraction of sp³-hybridized carbons (Fsp3) is 0.0769. The van der Waals surface area contributed by atoms with E-state index in [4.69, 9.17) is 4.74 Å². The maximum atomic E-state index is 9.81. The minimum atomic E-state index is 0.0268. The maximum Gasteiger partial charge on any atom is 0.127 e. The molecule has 0 heterocycles. The second-order valence-corrected chi connectivity index (χ2v) is 4.37. The van der Waals surface area contributed by atoms with E-state index in [2.05, 4.69) is 15.9 Å². The molecule has 4 heteroatoms. The maximum absolute atomic E-state index is 9.81. The Morgan fingerprint density at radius 3 is 2.29 bits per heavy atom. The summed E-state index contributed by atoms with van der Waals surface area (Å²) in [5.74, 6) is 0.712. The van der Waals surface area contributed by atoms with Crippen molar-refractivity contribution in [1.82, 2.24) is 0 Å². The van der Waals surface area contributed by atoms with E-state index >= 15 is 0 Å². The second-order valence-electron chi connectivity index (χ2n) is 3.52. The topological polar surface area (TPSA) is 49.7 Å². The molecular weight excluding hydrogens is 284 g/mol. The van der Waals surface area contributed by atoms with Crippen molar-refractivity contribution >= 4 is 15.9 Å². The summed E-state index contributed by atoms with van der Waals surface area (Å²) in [4.78, 5) is 0. The Hall–Kier alpha value is -1.68. The van der Waals surface area contributed by atoms with Gasteiger partial charge in [0.15, 0.2) is 0 Å². The number of phenolic OH excluding ortho intramolecular Hbond substituents is 2. The van der Waals surface area contributed by atoms with Crippen LogP contribution in [0.5, 0.6) is 17.2 Å². The Balaban J connectivity index is 2.67. The van der Waals surface area contributed by atoms with E-state index in [0.29, 0.717) is 16.9 Å². The zero-order valence-electron chi connectivity index (χ0n) is 9.14. The van der Waals surface area contributed by atoms with Crippen LogP contribution in [0.1, 0.15) is 0 Å². The van der Waals surface area contributed by atoms with Crippen LogP contribution in [0.3, 0.4) is 0 Å². The molecule has 0 aromatic heterocycles. The third-order valence-electron chi connectivity index (χ3n) is 2.46. The molecular formula is C13H11BrO3. The van der Waals surface area contributed by atoms with E-state index in [1.165, 1.54) is 12.1 Å². The first-order valence-corrected chi connectivity index (χ1v) is 5.77. The zero-order chi connectivity index (χ0) is 12.4. The lowest BCUT2D eigenvalue weighted by molar-refractivity contribution is 0.414. The minimum absolute atomic E-state index is 0.0268. The number of methoxy groups -OCH3 is 1. The summed E-state index contributed by atoms with van der Waals surface area (Å²) in [6.45, 7) is 0. The molecule has 0 aliphatic rings. The molecule has 0 bridgehead atoms. The highest BCUT2D eigenvalue weighted by Gasteiger charge is 2.13. The van der Waals surface area contributed by atoms with Gasteiger partial charge in [0.05, 0.1) is 12.7 Å². The van der Waals surface area contributed by atoms with Crippen LogP contribution in [-0.4, -0.2) is 17.3 Å². The molecule has 2 N–H and O–H groups in total. The van der Waals surface area contributed by atoms with E-state index in [9.17, 15) is 10.2 Å². The summed E-state index contributed by atoms with van der Waals surface area (Å²) in [5, 5.41) is 19.6. The first-order chi connectivity index (χ1) is 8.13. The first kappa shape index (κ1) is 11.8. The number of phenols is 2. The van der Waals surface area contributed by atoms with Gasteiger partial charge in [0.2, 0.25) is 0 Å². The molecule has 2 aromatic carbocycles. The molecule has 2 rings (SSSR count). The number of halogens is 1. The Morgan fingerprint density at radius 2 is 1.71 bits per heavy atom. The van der Waals surface area contributed by atoms with Crippen LogP contribution >= 0.6 is 15.9 Å². The number of ether oxygens (including phenoxy) is 1. The SMILES string of the molecule is COc1ccc(Br)c(-c2c(O)cccc2O)c1. The van der Waals surface area contributed by atoms with Crippen LogP contribution in [-0.2, 0) is 0 Å². The quantitative estimate of drug-likeness (QED) is 0.891. The van der Waals surface area contributed by atoms with E-state index in [1.54, 1.807) is 31.4 Å². The van der Waals surface area contributed by atoms with Gasteiger partial charge in [-0.25, -0.2) is 0 Å². The number of hydrogen-bond acceptors (Lipinski definition) is 3. The number of benzene rings is 2. The van der Waals surface area contributed by atoms with E-state index < -0.39 is 0 Å². The zero-order valence-corrected chi connectivity index (χ0v) is 10.7. The Morgan fingerprint density at radius 1 is 1.06 bits per heavy atom. The molecule has 0 aliphatic carbocycles. The molecule has 0 radical (unpaired) electrons. The van der Waals surface area contributed by atoms with Crippen LogP contribution in [0.2, 0.25) is 0 Å². The molecule has 0 atom stereocenters. The lowest BCUT2D eigenvalue weighted by Crippen LogP contribution is -1.86. The van der Waals surface area contributed by atoms with Crippen LogP contribution in [0.15, 0.2) is 40.9 Å². The average molecular weight is 295 g/mol. The predicted octanol–water partition coefficient (Wildman–Crippen LogP) is 3.54. The molecule has 0 fully saturated rings. The van der Waals surface area contributed by atoms with Crippen molar-refractivity contribution in [2.24, 2.45) is 0 Å². The van der Waals surface area contributed by atoms with Crippen LogP contribution in [0.4, 0.5) is 0 Å². The van der Waals surface area contributed by atoms with E-state index in [-0.39, 0.29) is 11.5 Å². The third-order valence-corrected chi connectivity index (χ3v) is 3.15. The van der Waals surface area contributed by atoms with Crippen molar-refractivity contribution in [3.63, 3.8) is 0 Å². The predicted molar refractivity (Wildman–Crippen MR) is 69.5 cm³/mol. The largest absolute Gasteiger partial charge is 0.507 e. The third kappa shape index (κ3) is 2.22. The molecule has 2 aromatic rings. The van der Waals surface area contributed by atoms with E-state index in [1.807, 2.05) is 0 Å². The summed E-state index contributed by atoms with van der Waals surface area (Å²) in [7, 11) is 1.57. The summed E-state index contributed by atoms with van der Waals surface area (Å²) in [6.07, 6.45) is 0. The molecule has 0 amide bonds. The standard InChI is InChI=1S/C13H11BrO3/c1-17-8-5-6-10(14)9(7-8)13-11(15)3-2-4-12(13)16/h2-7,15-16H,1H3. The summed E-state index contributed by atoms with van der Waals surface area (Å²) in [5.41, 5.74) is 1.07. The average Bonchev–Trinajstić information content (AvgIpc) is 2.31. The second kappa shape index (κ2) is 4.67. The first-order valence-electron chi connectivity index (χ1n) is 4.98. The molecule has 0 aliphatic heterocycles. The van der Waals surface area contributed by atoms with Gasteiger partial charge in [-0.15, -0.1) is 0 Å². The lowest BCUT2D eigenvalue weighted by Gasteiger charge is -2.10. The molecule has 3 nitrogen and oxygen atoms in total. The van der Waals surface area contributed by atoms with Crippen LogP contribution in [0.25, 0.3) is 11.1 Å². The Labute approximate surface area is 107 Å². The highest BCUT2D eigenvalue weighted by atomic mass is 79.9.